The molecule has 0 radical (unpaired) electrons. The number of hydrogen-bond acceptors (Lipinski definition) is 2. The molecule has 1 amide bonds. The topological polar surface area (TPSA) is 57.6 Å². The number of nitrogens with zero attached hydrogens (tertiary/aromatic N) is 1. The van der Waals surface area contributed by atoms with Gasteiger partial charge in [0, 0.05) is 25.0 Å². The lowest BCUT2D eigenvalue weighted by Crippen LogP contribution is -2.34. The molecule has 0 aliphatic carbocycles. The fourth-order valence-electron chi connectivity index (χ4n) is 1.54. The molecule has 0 aromatic heterocycles. The molecule has 0 unspecified atom stereocenters. The molecule has 0 saturated heterocycles. The number of rotatable bonds is 5. The van der Waals surface area contributed by atoms with Gasteiger partial charge in [-0.05, 0) is 31.5 Å². The monoisotopic (exact) mass is 283 g/mol. The lowest BCUT2D eigenvalue weighted by molar-refractivity contribution is -0.151. The molecule has 0 fully saturated rings. The van der Waals surface area contributed by atoms with Gasteiger partial charge >= 0.3 is 5.97 Å². The maximum absolute atomic E-state index is 12.0. The molecular weight excluding hydrogens is 266 g/mol. The Morgan fingerprint density at radius 1 is 1.26 bits per heavy atom. The number of carboxylic acid groups (broad SMARTS) is 1. The molecule has 1 aromatic carbocycles. The summed E-state index contributed by atoms with van der Waals surface area (Å²) in [5.74, 6) is -1.16. The van der Waals surface area contributed by atoms with Gasteiger partial charge in [-0.25, -0.2) is 0 Å². The van der Waals surface area contributed by atoms with Crippen LogP contribution in [0.3, 0.4) is 0 Å². The Hall–Kier alpha value is -1.55. The average Bonchev–Trinajstić information content (AvgIpc) is 2.31. The molecule has 0 saturated carbocycles. The van der Waals surface area contributed by atoms with Crippen LogP contribution in [0.25, 0.3) is 0 Å². The first kappa shape index (κ1) is 15.5. The summed E-state index contributed by atoms with van der Waals surface area (Å²) in [6.07, 6.45) is -0.0214. The van der Waals surface area contributed by atoms with Crippen molar-refractivity contribution in [1.82, 2.24) is 4.90 Å². The van der Waals surface area contributed by atoms with E-state index in [1.807, 2.05) is 12.1 Å². The smallest absolute Gasteiger partial charge is 0.309 e. The van der Waals surface area contributed by atoms with Crippen LogP contribution in [-0.4, -0.2) is 28.9 Å². The van der Waals surface area contributed by atoms with Crippen LogP contribution in [0, 0.1) is 5.41 Å². The van der Waals surface area contributed by atoms with Crippen LogP contribution >= 0.6 is 11.6 Å². The highest BCUT2D eigenvalue weighted by atomic mass is 35.5. The van der Waals surface area contributed by atoms with Crippen LogP contribution in [0.5, 0.6) is 0 Å². The molecule has 0 bridgehead atoms. The van der Waals surface area contributed by atoms with E-state index in [4.69, 9.17) is 16.7 Å². The van der Waals surface area contributed by atoms with Gasteiger partial charge in [0.2, 0.25) is 5.91 Å². The fraction of sp³-hybridized carbons (Fsp3) is 0.429. The first-order valence-electron chi connectivity index (χ1n) is 5.94. The second-order valence-corrected chi connectivity index (χ2v) is 5.68. The van der Waals surface area contributed by atoms with E-state index in [1.54, 1.807) is 33.0 Å². The number of carbonyl (C=O) groups is 2. The summed E-state index contributed by atoms with van der Waals surface area (Å²) in [6, 6.07) is 7.20. The lowest BCUT2D eigenvalue weighted by Gasteiger charge is -2.23. The van der Waals surface area contributed by atoms with Crippen molar-refractivity contribution in [3.8, 4) is 0 Å². The molecule has 0 heterocycles. The van der Waals surface area contributed by atoms with E-state index in [0.29, 0.717) is 11.6 Å². The largest absolute Gasteiger partial charge is 0.481 e. The predicted molar refractivity (Wildman–Crippen MR) is 74.0 cm³/mol. The summed E-state index contributed by atoms with van der Waals surface area (Å²) in [6.45, 7) is 3.53. The first-order chi connectivity index (χ1) is 8.72. The van der Waals surface area contributed by atoms with Gasteiger partial charge in [-0.1, -0.05) is 23.7 Å². The Balaban J connectivity index is 2.63. The number of halogens is 1. The second-order valence-electron chi connectivity index (χ2n) is 5.24. The molecule has 0 atom stereocenters. The van der Waals surface area contributed by atoms with Crippen LogP contribution in [0.2, 0.25) is 5.02 Å². The second kappa shape index (κ2) is 6.06. The Morgan fingerprint density at radius 2 is 1.79 bits per heavy atom. The van der Waals surface area contributed by atoms with Gasteiger partial charge in [0.25, 0.3) is 0 Å². The summed E-state index contributed by atoms with van der Waals surface area (Å²) in [5.41, 5.74) is -0.0981. The van der Waals surface area contributed by atoms with Gasteiger partial charge in [-0.3, -0.25) is 9.59 Å². The Labute approximate surface area is 118 Å². The quantitative estimate of drug-likeness (QED) is 0.904. The number of hydrogen-bond donors (Lipinski definition) is 1. The van der Waals surface area contributed by atoms with Crippen LogP contribution in [-0.2, 0) is 16.1 Å². The zero-order chi connectivity index (χ0) is 14.6. The van der Waals surface area contributed by atoms with Gasteiger partial charge in [-0.15, -0.1) is 0 Å². The lowest BCUT2D eigenvalue weighted by atomic mass is 9.89. The van der Waals surface area contributed by atoms with Crippen molar-refractivity contribution in [1.29, 1.82) is 0 Å². The van der Waals surface area contributed by atoms with E-state index in [-0.39, 0.29) is 12.3 Å². The van der Waals surface area contributed by atoms with Crippen LogP contribution < -0.4 is 0 Å². The number of carbonyl (C=O) groups excluding carboxylic acids is 1. The maximum Gasteiger partial charge on any atom is 0.309 e. The Bertz CT molecular complexity index is 468. The highest BCUT2D eigenvalue weighted by molar-refractivity contribution is 6.30. The van der Waals surface area contributed by atoms with Crippen molar-refractivity contribution in [3.05, 3.63) is 34.9 Å². The van der Waals surface area contributed by atoms with E-state index in [9.17, 15) is 9.59 Å². The van der Waals surface area contributed by atoms with E-state index in [1.165, 1.54) is 4.90 Å². The van der Waals surface area contributed by atoms with Gasteiger partial charge in [0.15, 0.2) is 0 Å². The van der Waals surface area contributed by atoms with Gasteiger partial charge in [0.1, 0.15) is 0 Å². The van der Waals surface area contributed by atoms with Crippen LogP contribution in [0.15, 0.2) is 24.3 Å². The van der Waals surface area contributed by atoms with Crippen molar-refractivity contribution in [2.24, 2.45) is 5.41 Å². The minimum atomic E-state index is -1.05. The fourth-order valence-corrected chi connectivity index (χ4v) is 1.67. The van der Waals surface area contributed by atoms with Crippen LogP contribution in [0.1, 0.15) is 25.8 Å². The third-order valence-electron chi connectivity index (χ3n) is 2.93. The standard InChI is InChI=1S/C14H18ClNO3/c1-14(2,13(18)19)8-12(17)16(3)9-10-4-6-11(15)7-5-10/h4-7H,8-9H2,1-3H3,(H,18,19). The third-order valence-corrected chi connectivity index (χ3v) is 3.18. The predicted octanol–water partition coefficient (Wildman–Crippen LogP) is 2.80. The third kappa shape index (κ3) is 4.56. The summed E-state index contributed by atoms with van der Waals surface area (Å²) in [7, 11) is 1.66. The van der Waals surface area contributed by atoms with Crippen molar-refractivity contribution in [3.63, 3.8) is 0 Å². The number of carboxylic acids is 1. The highest BCUT2D eigenvalue weighted by Crippen LogP contribution is 2.22. The Kier molecular flexibility index (Phi) is 4.95. The molecule has 1 aromatic rings. The van der Waals surface area contributed by atoms with Crippen molar-refractivity contribution < 1.29 is 14.7 Å². The molecule has 0 spiro atoms. The summed E-state index contributed by atoms with van der Waals surface area (Å²) in [4.78, 5) is 24.5. The van der Waals surface area contributed by atoms with Gasteiger partial charge in [-0.2, -0.15) is 0 Å². The number of benzene rings is 1. The maximum atomic E-state index is 12.0. The van der Waals surface area contributed by atoms with E-state index < -0.39 is 11.4 Å². The summed E-state index contributed by atoms with van der Waals surface area (Å²) >= 11 is 5.79. The zero-order valence-corrected chi connectivity index (χ0v) is 12.1. The average molecular weight is 284 g/mol. The number of aliphatic carboxylic acids is 1. The molecule has 4 nitrogen and oxygen atoms in total. The minimum absolute atomic E-state index is 0.0214. The van der Waals surface area contributed by atoms with Crippen molar-refractivity contribution in [2.75, 3.05) is 7.05 Å². The van der Waals surface area contributed by atoms with Crippen molar-refractivity contribution >= 4 is 23.5 Å². The molecule has 1 rings (SSSR count). The SMILES string of the molecule is CN(Cc1ccc(Cl)cc1)C(=O)CC(C)(C)C(=O)O. The number of amides is 1. The molecule has 104 valence electrons. The van der Waals surface area contributed by atoms with Crippen molar-refractivity contribution in [2.45, 2.75) is 26.8 Å². The molecule has 19 heavy (non-hydrogen) atoms. The summed E-state index contributed by atoms with van der Waals surface area (Å²) in [5, 5.41) is 9.65. The minimum Gasteiger partial charge on any atom is -0.481 e. The van der Waals surface area contributed by atoms with Crippen LogP contribution in [0.4, 0.5) is 0 Å². The summed E-state index contributed by atoms with van der Waals surface area (Å²) < 4.78 is 0. The molecule has 0 aliphatic heterocycles. The van der Waals surface area contributed by atoms with Gasteiger partial charge in [0.05, 0.1) is 5.41 Å². The van der Waals surface area contributed by atoms with E-state index in [0.717, 1.165) is 5.56 Å². The zero-order valence-electron chi connectivity index (χ0n) is 11.3. The highest BCUT2D eigenvalue weighted by Gasteiger charge is 2.31. The molecular formula is C14H18ClNO3. The first-order valence-corrected chi connectivity index (χ1v) is 6.32. The molecule has 0 aliphatic rings. The van der Waals surface area contributed by atoms with Gasteiger partial charge < -0.3 is 10.0 Å². The van der Waals surface area contributed by atoms with E-state index >= 15 is 0 Å². The normalized spacial score (nSPS) is 11.2. The Morgan fingerprint density at radius 3 is 2.26 bits per heavy atom. The van der Waals surface area contributed by atoms with E-state index in [2.05, 4.69) is 0 Å². The molecule has 5 heteroatoms. The molecule has 1 N–H and O–H groups in total.